The Morgan fingerprint density at radius 1 is 1.16 bits per heavy atom. The molecule has 4 heterocycles. The van der Waals surface area contributed by atoms with Crippen LogP contribution in [0.2, 0.25) is 0 Å². The molecule has 1 saturated heterocycles. The average Bonchev–Trinajstić information content (AvgIpc) is 3.24. The average molecular weight is 520 g/mol. The van der Waals surface area contributed by atoms with E-state index in [9.17, 15) is 22.8 Å². The number of rotatable bonds is 5. The smallest absolute Gasteiger partial charge is 0.410 e. The van der Waals surface area contributed by atoms with Crippen molar-refractivity contribution in [2.75, 3.05) is 18.0 Å². The second kappa shape index (κ2) is 9.02. The highest BCUT2D eigenvalue weighted by Crippen LogP contribution is 2.48. The number of imidazole rings is 1. The van der Waals surface area contributed by atoms with E-state index in [1.807, 2.05) is 4.57 Å². The van der Waals surface area contributed by atoms with Crippen molar-refractivity contribution in [1.82, 2.24) is 19.4 Å². The maximum Gasteiger partial charge on any atom is 0.410 e. The summed E-state index contributed by atoms with van der Waals surface area (Å²) in [6, 6.07) is 1.81. The first-order valence-electron chi connectivity index (χ1n) is 12.8. The number of pyridine rings is 1. The van der Waals surface area contributed by atoms with Crippen molar-refractivity contribution in [2.24, 2.45) is 0 Å². The molecule has 0 atom stereocenters. The Bertz CT molecular complexity index is 1210. The lowest BCUT2D eigenvalue weighted by Crippen LogP contribution is -2.65. The molecule has 0 radical (unpaired) electrons. The molecule has 5 rings (SSSR count). The molecule has 0 saturated carbocycles. The van der Waals surface area contributed by atoms with Crippen LogP contribution in [0, 0.1) is 0 Å². The Labute approximate surface area is 213 Å². The number of hydrogen-bond acceptors (Lipinski definition) is 5. The van der Waals surface area contributed by atoms with Crippen LogP contribution in [0.1, 0.15) is 69.2 Å². The number of carbonyl (C=O) groups excluding carboxylic acids is 2. The summed E-state index contributed by atoms with van der Waals surface area (Å²) in [4.78, 5) is 38.6. The number of likely N-dealkylation sites (tertiary alicyclic amines) is 1. The van der Waals surface area contributed by atoms with Gasteiger partial charge in [-0.3, -0.25) is 9.78 Å². The fourth-order valence-corrected chi connectivity index (χ4v) is 5.63. The Morgan fingerprint density at radius 3 is 2.59 bits per heavy atom. The summed E-state index contributed by atoms with van der Waals surface area (Å²) in [6.45, 7) is 6.12. The van der Waals surface area contributed by atoms with Gasteiger partial charge in [0.05, 0.1) is 24.1 Å². The first-order valence-corrected chi connectivity index (χ1v) is 12.8. The highest BCUT2D eigenvalue weighted by molar-refractivity contribution is 6.09. The molecule has 1 spiro atoms. The number of amides is 2. The zero-order valence-corrected chi connectivity index (χ0v) is 21.4. The van der Waals surface area contributed by atoms with Gasteiger partial charge >= 0.3 is 12.3 Å². The van der Waals surface area contributed by atoms with Crippen molar-refractivity contribution in [1.29, 1.82) is 0 Å². The van der Waals surface area contributed by atoms with Crippen molar-refractivity contribution >= 4 is 17.7 Å². The monoisotopic (exact) mass is 519 g/mol. The highest BCUT2D eigenvalue weighted by atomic mass is 19.4. The third kappa shape index (κ3) is 4.80. The summed E-state index contributed by atoms with van der Waals surface area (Å²) in [7, 11) is 0. The van der Waals surface area contributed by atoms with E-state index in [0.717, 1.165) is 42.6 Å². The molecule has 1 aliphatic carbocycles. The van der Waals surface area contributed by atoms with Crippen LogP contribution in [0.3, 0.4) is 0 Å². The van der Waals surface area contributed by atoms with E-state index in [2.05, 4.69) is 4.98 Å². The molecule has 11 heteroatoms. The molecule has 0 unspecified atom stereocenters. The van der Waals surface area contributed by atoms with Crippen LogP contribution in [0.25, 0.3) is 0 Å². The number of hydrogen-bond donors (Lipinski definition) is 0. The van der Waals surface area contributed by atoms with Gasteiger partial charge in [-0.05, 0) is 64.5 Å². The van der Waals surface area contributed by atoms with Gasteiger partial charge < -0.3 is 19.1 Å². The Kier molecular flexibility index (Phi) is 6.23. The van der Waals surface area contributed by atoms with Gasteiger partial charge in [0.1, 0.15) is 16.8 Å². The standard InChI is InChI=1S/C26H32F3N5O3/c1-24(2,3)37-23(36)32-15-25(16-32)17-9-11-30-13-20(17)34(22(25)35)14-21-31-18-7-4-5-8-19(18)33(21)12-6-10-26(27,28)29/h9,11,13H,4-8,10,12,14-16H2,1-3H3. The van der Waals surface area contributed by atoms with Crippen LogP contribution in [0.15, 0.2) is 18.5 Å². The number of aryl methyl sites for hydroxylation is 1. The summed E-state index contributed by atoms with van der Waals surface area (Å²) < 4.78 is 45.9. The Balaban J connectivity index is 1.40. The van der Waals surface area contributed by atoms with Crippen molar-refractivity contribution in [2.45, 2.75) is 89.6 Å². The molecule has 0 aromatic carbocycles. The van der Waals surface area contributed by atoms with E-state index in [-0.39, 0.29) is 38.5 Å². The van der Waals surface area contributed by atoms with Gasteiger partial charge in [0.2, 0.25) is 5.91 Å². The van der Waals surface area contributed by atoms with E-state index >= 15 is 0 Å². The van der Waals surface area contributed by atoms with Gasteiger partial charge in [0.15, 0.2) is 0 Å². The summed E-state index contributed by atoms with van der Waals surface area (Å²) in [5.74, 6) is 0.440. The van der Waals surface area contributed by atoms with Gasteiger partial charge in [-0.15, -0.1) is 0 Å². The number of aromatic nitrogens is 3. The van der Waals surface area contributed by atoms with E-state index < -0.39 is 29.7 Å². The third-order valence-corrected chi connectivity index (χ3v) is 7.29. The minimum absolute atomic E-state index is 0.0415. The predicted molar refractivity (Wildman–Crippen MR) is 129 cm³/mol. The number of halogens is 3. The van der Waals surface area contributed by atoms with E-state index in [0.29, 0.717) is 11.5 Å². The molecule has 200 valence electrons. The van der Waals surface area contributed by atoms with Crippen LogP contribution >= 0.6 is 0 Å². The molecule has 2 aliphatic heterocycles. The maximum atomic E-state index is 13.9. The largest absolute Gasteiger partial charge is 0.444 e. The minimum atomic E-state index is -4.22. The molecule has 0 bridgehead atoms. The first kappa shape index (κ1) is 25.5. The third-order valence-electron chi connectivity index (χ3n) is 7.29. The van der Waals surface area contributed by atoms with Gasteiger partial charge in [-0.1, -0.05) is 0 Å². The van der Waals surface area contributed by atoms with Crippen molar-refractivity contribution < 1.29 is 27.5 Å². The number of ether oxygens (including phenoxy) is 1. The second-order valence-corrected chi connectivity index (χ2v) is 11.2. The Morgan fingerprint density at radius 2 is 1.89 bits per heavy atom. The minimum Gasteiger partial charge on any atom is -0.444 e. The van der Waals surface area contributed by atoms with Crippen molar-refractivity contribution in [3.8, 4) is 0 Å². The lowest BCUT2D eigenvalue weighted by Gasteiger charge is -2.46. The number of carbonyl (C=O) groups is 2. The molecule has 8 nitrogen and oxygen atoms in total. The van der Waals surface area contributed by atoms with Crippen LogP contribution in [-0.4, -0.2) is 56.3 Å². The molecular weight excluding hydrogens is 487 g/mol. The fourth-order valence-electron chi connectivity index (χ4n) is 5.63. The quantitative estimate of drug-likeness (QED) is 0.580. The van der Waals surface area contributed by atoms with Gasteiger partial charge in [0, 0.05) is 37.9 Å². The van der Waals surface area contributed by atoms with Gasteiger partial charge in [0.25, 0.3) is 0 Å². The molecule has 2 aromatic rings. The molecule has 2 aromatic heterocycles. The molecule has 37 heavy (non-hydrogen) atoms. The van der Waals surface area contributed by atoms with Gasteiger partial charge in [-0.2, -0.15) is 13.2 Å². The van der Waals surface area contributed by atoms with E-state index in [4.69, 9.17) is 9.72 Å². The molecular formula is C26H32F3N5O3. The van der Waals surface area contributed by atoms with Gasteiger partial charge in [-0.25, -0.2) is 9.78 Å². The second-order valence-electron chi connectivity index (χ2n) is 11.2. The predicted octanol–water partition coefficient (Wildman–Crippen LogP) is 4.53. The van der Waals surface area contributed by atoms with Crippen LogP contribution in [-0.2, 0) is 40.9 Å². The normalized spacial score (nSPS) is 18.6. The lowest BCUT2D eigenvalue weighted by atomic mass is 9.75. The van der Waals surface area contributed by atoms with Crippen LogP contribution in [0.5, 0.6) is 0 Å². The SMILES string of the molecule is CC(C)(C)OC(=O)N1CC2(C1)C(=O)N(Cc1nc3c(n1CCCC(F)(F)F)CCCC3)c1cnccc12. The molecule has 3 aliphatic rings. The zero-order valence-electron chi connectivity index (χ0n) is 21.4. The summed E-state index contributed by atoms with van der Waals surface area (Å²) >= 11 is 0. The lowest BCUT2D eigenvalue weighted by molar-refractivity contribution is -0.136. The molecule has 1 fully saturated rings. The van der Waals surface area contributed by atoms with Crippen molar-refractivity contribution in [3.63, 3.8) is 0 Å². The maximum absolute atomic E-state index is 13.9. The first-order chi connectivity index (χ1) is 17.4. The summed E-state index contributed by atoms with van der Waals surface area (Å²) in [5.41, 5.74) is 1.82. The Hall–Kier alpha value is -3.11. The van der Waals surface area contributed by atoms with Crippen LogP contribution in [0.4, 0.5) is 23.7 Å². The van der Waals surface area contributed by atoms with Crippen LogP contribution < -0.4 is 4.90 Å². The highest BCUT2D eigenvalue weighted by Gasteiger charge is 2.60. The molecule has 0 N–H and O–H groups in total. The zero-order chi connectivity index (χ0) is 26.6. The number of fused-ring (bicyclic) bond motifs is 3. The topological polar surface area (TPSA) is 80.6 Å². The van der Waals surface area contributed by atoms with E-state index in [1.54, 1.807) is 44.1 Å². The summed E-state index contributed by atoms with van der Waals surface area (Å²) in [6.07, 6.45) is 1.20. The number of alkyl halides is 3. The molecule has 2 amide bonds. The van der Waals surface area contributed by atoms with E-state index in [1.165, 1.54) is 4.90 Å². The summed E-state index contributed by atoms with van der Waals surface area (Å²) in [5, 5.41) is 0. The van der Waals surface area contributed by atoms with Crippen molar-refractivity contribution in [3.05, 3.63) is 41.2 Å². The number of nitrogens with zero attached hydrogens (tertiary/aromatic N) is 5. The number of anilines is 1. The fraction of sp³-hybridized carbons (Fsp3) is 0.615.